The number of amides is 1. The first-order valence-electron chi connectivity index (χ1n) is 5.78. The molecule has 0 radical (unpaired) electrons. The first-order valence-corrected chi connectivity index (χ1v) is 5.78. The van der Waals surface area contributed by atoms with E-state index >= 15 is 0 Å². The summed E-state index contributed by atoms with van der Waals surface area (Å²) in [4.78, 5) is 19.9. The van der Waals surface area contributed by atoms with Crippen LogP contribution in [0.25, 0.3) is 11.0 Å². The maximum atomic E-state index is 11.4. The molecule has 0 aliphatic carbocycles. The highest BCUT2D eigenvalue weighted by atomic mass is 16.4. The van der Waals surface area contributed by atoms with E-state index in [0.29, 0.717) is 11.6 Å². The largest absolute Gasteiger partial charge is 0.464 e. The summed E-state index contributed by atoms with van der Waals surface area (Å²) >= 11 is 0. The number of aromatic amines is 1. The minimum atomic E-state index is -1.08. The molecule has 19 heavy (non-hydrogen) atoms. The number of carbonyl (C=O) groups is 1. The van der Waals surface area contributed by atoms with Crippen molar-refractivity contribution in [1.29, 1.82) is 0 Å². The number of nitrogens with one attached hydrogen (secondary N) is 1. The molecule has 0 unspecified atom stereocenters. The van der Waals surface area contributed by atoms with Crippen LogP contribution < -0.4 is 4.90 Å². The van der Waals surface area contributed by atoms with Gasteiger partial charge in [0.1, 0.15) is 0 Å². The Kier molecular flexibility index (Phi) is 2.64. The molecule has 1 heterocycles. The van der Waals surface area contributed by atoms with E-state index in [4.69, 9.17) is 0 Å². The molecule has 0 atom stereocenters. The average Bonchev–Trinajstić information content (AvgIpc) is 2.82. The second-order valence-electron chi connectivity index (χ2n) is 4.03. The minimum absolute atomic E-state index is 0.292. The van der Waals surface area contributed by atoms with Crippen LogP contribution in [0.1, 0.15) is 0 Å². The van der Waals surface area contributed by atoms with Gasteiger partial charge in [-0.15, -0.1) is 0 Å². The number of carboxylic acid groups (broad SMARTS) is 1. The van der Waals surface area contributed by atoms with Gasteiger partial charge in [-0.2, -0.15) is 0 Å². The summed E-state index contributed by atoms with van der Waals surface area (Å²) in [6.07, 6.45) is -1.08. The molecule has 3 rings (SSSR count). The molecule has 5 nitrogen and oxygen atoms in total. The fraction of sp³-hybridized carbons (Fsp3) is 0. The lowest BCUT2D eigenvalue weighted by atomic mass is 10.3. The molecule has 1 aromatic heterocycles. The van der Waals surface area contributed by atoms with E-state index in [9.17, 15) is 9.90 Å². The van der Waals surface area contributed by atoms with E-state index < -0.39 is 6.09 Å². The predicted octanol–water partition coefficient (Wildman–Crippen LogP) is 3.38. The minimum Gasteiger partial charge on any atom is -0.464 e. The molecule has 94 valence electrons. The third-order valence-corrected chi connectivity index (χ3v) is 2.79. The number of hydrogen-bond donors (Lipinski definition) is 2. The van der Waals surface area contributed by atoms with Gasteiger partial charge in [-0.1, -0.05) is 30.3 Å². The van der Waals surface area contributed by atoms with Crippen LogP contribution >= 0.6 is 0 Å². The van der Waals surface area contributed by atoms with E-state index in [-0.39, 0.29) is 0 Å². The SMILES string of the molecule is O=C(O)N(c1ccccc1)c1nc2ccccc2[nH]1. The van der Waals surface area contributed by atoms with E-state index in [1.54, 1.807) is 24.3 Å². The standard InChI is InChI=1S/C14H11N3O2/c18-14(19)17(10-6-2-1-3-7-10)13-15-11-8-4-5-9-12(11)16-13/h1-9H,(H,15,16)(H,18,19). The van der Waals surface area contributed by atoms with E-state index in [2.05, 4.69) is 9.97 Å². The number of rotatable bonds is 2. The highest BCUT2D eigenvalue weighted by molar-refractivity contribution is 5.94. The van der Waals surface area contributed by atoms with Crippen LogP contribution in [0.3, 0.4) is 0 Å². The van der Waals surface area contributed by atoms with Gasteiger partial charge in [-0.05, 0) is 24.3 Å². The van der Waals surface area contributed by atoms with Gasteiger partial charge in [0.05, 0.1) is 16.7 Å². The van der Waals surface area contributed by atoms with Crippen molar-refractivity contribution < 1.29 is 9.90 Å². The zero-order chi connectivity index (χ0) is 13.2. The first kappa shape index (κ1) is 11.3. The van der Waals surface area contributed by atoms with Gasteiger partial charge in [0.25, 0.3) is 0 Å². The van der Waals surface area contributed by atoms with Gasteiger partial charge in [0.15, 0.2) is 0 Å². The highest BCUT2D eigenvalue weighted by Gasteiger charge is 2.19. The van der Waals surface area contributed by atoms with Crippen LogP contribution in [0.5, 0.6) is 0 Å². The van der Waals surface area contributed by atoms with Crippen molar-refractivity contribution in [3.8, 4) is 0 Å². The summed E-state index contributed by atoms with van der Waals surface area (Å²) in [7, 11) is 0. The number of fused-ring (bicyclic) bond motifs is 1. The topological polar surface area (TPSA) is 69.2 Å². The summed E-state index contributed by atoms with van der Waals surface area (Å²) < 4.78 is 0. The molecule has 0 fully saturated rings. The van der Waals surface area contributed by atoms with Crippen LogP contribution in [0, 0.1) is 0 Å². The van der Waals surface area contributed by atoms with Gasteiger partial charge >= 0.3 is 6.09 Å². The number of H-pyrrole nitrogens is 1. The maximum Gasteiger partial charge on any atom is 0.418 e. The molecule has 0 spiro atoms. The normalized spacial score (nSPS) is 10.5. The van der Waals surface area contributed by atoms with Gasteiger partial charge in [-0.3, -0.25) is 0 Å². The van der Waals surface area contributed by atoms with Crippen molar-refractivity contribution in [1.82, 2.24) is 9.97 Å². The quantitative estimate of drug-likeness (QED) is 0.735. The second kappa shape index (κ2) is 4.45. The molecule has 1 amide bonds. The average molecular weight is 253 g/mol. The Hall–Kier alpha value is -2.82. The van der Waals surface area contributed by atoms with Gasteiger partial charge in [0, 0.05) is 0 Å². The number of aromatic nitrogens is 2. The van der Waals surface area contributed by atoms with Crippen LogP contribution in [0.15, 0.2) is 54.6 Å². The van der Waals surface area contributed by atoms with Crippen molar-refractivity contribution in [2.45, 2.75) is 0 Å². The lowest BCUT2D eigenvalue weighted by Crippen LogP contribution is -2.24. The molecule has 0 saturated heterocycles. The molecule has 0 aliphatic rings. The van der Waals surface area contributed by atoms with Crippen molar-refractivity contribution >= 4 is 28.8 Å². The molecule has 3 aromatic rings. The third kappa shape index (κ3) is 2.01. The Morgan fingerprint density at radius 2 is 1.74 bits per heavy atom. The Bertz CT molecular complexity index is 689. The maximum absolute atomic E-state index is 11.4. The first-order chi connectivity index (χ1) is 9.25. The number of para-hydroxylation sites is 3. The van der Waals surface area contributed by atoms with Gasteiger partial charge in [0.2, 0.25) is 5.95 Å². The molecule has 0 aliphatic heterocycles. The summed E-state index contributed by atoms with van der Waals surface area (Å²) in [5.74, 6) is 0.292. The zero-order valence-electron chi connectivity index (χ0n) is 9.95. The van der Waals surface area contributed by atoms with Crippen molar-refractivity contribution in [3.63, 3.8) is 0 Å². The predicted molar refractivity (Wildman–Crippen MR) is 72.7 cm³/mol. The number of nitrogens with zero attached hydrogens (tertiary/aromatic N) is 2. The molecular formula is C14H11N3O2. The molecule has 5 heteroatoms. The molecular weight excluding hydrogens is 242 g/mol. The van der Waals surface area contributed by atoms with Crippen LogP contribution in [-0.2, 0) is 0 Å². The fourth-order valence-corrected chi connectivity index (χ4v) is 1.95. The Balaban J connectivity index is 2.12. The summed E-state index contributed by atoms with van der Waals surface area (Å²) in [5, 5.41) is 9.37. The third-order valence-electron chi connectivity index (χ3n) is 2.79. The molecule has 2 aromatic carbocycles. The second-order valence-corrected chi connectivity index (χ2v) is 4.03. The fourth-order valence-electron chi connectivity index (χ4n) is 1.95. The number of imidazole rings is 1. The lowest BCUT2D eigenvalue weighted by Gasteiger charge is -2.15. The van der Waals surface area contributed by atoms with Crippen molar-refractivity contribution in [2.75, 3.05) is 4.90 Å². The number of anilines is 2. The van der Waals surface area contributed by atoms with E-state index in [1.165, 1.54) is 0 Å². The number of hydrogen-bond acceptors (Lipinski definition) is 2. The van der Waals surface area contributed by atoms with Crippen LogP contribution in [0.4, 0.5) is 16.4 Å². The monoisotopic (exact) mass is 253 g/mol. The van der Waals surface area contributed by atoms with Crippen molar-refractivity contribution in [2.24, 2.45) is 0 Å². The van der Waals surface area contributed by atoms with Gasteiger partial charge in [-0.25, -0.2) is 14.7 Å². The van der Waals surface area contributed by atoms with Crippen LogP contribution in [-0.4, -0.2) is 21.2 Å². The molecule has 0 bridgehead atoms. The summed E-state index contributed by atoms with van der Waals surface area (Å²) in [6, 6.07) is 16.3. The highest BCUT2D eigenvalue weighted by Crippen LogP contribution is 2.24. The summed E-state index contributed by atoms with van der Waals surface area (Å²) in [6.45, 7) is 0. The van der Waals surface area contributed by atoms with Crippen LogP contribution in [0.2, 0.25) is 0 Å². The lowest BCUT2D eigenvalue weighted by molar-refractivity contribution is 0.204. The molecule has 2 N–H and O–H groups in total. The summed E-state index contributed by atoms with van der Waals surface area (Å²) in [5.41, 5.74) is 2.09. The van der Waals surface area contributed by atoms with E-state index in [0.717, 1.165) is 15.9 Å². The Morgan fingerprint density at radius 1 is 1.05 bits per heavy atom. The van der Waals surface area contributed by atoms with Gasteiger partial charge < -0.3 is 10.1 Å². The smallest absolute Gasteiger partial charge is 0.418 e. The van der Waals surface area contributed by atoms with Crippen molar-refractivity contribution in [3.05, 3.63) is 54.6 Å². The number of benzene rings is 2. The molecule has 0 saturated carbocycles. The Labute approximate surface area is 109 Å². The zero-order valence-corrected chi connectivity index (χ0v) is 9.95. The Morgan fingerprint density at radius 3 is 2.42 bits per heavy atom. The van der Waals surface area contributed by atoms with E-state index in [1.807, 2.05) is 30.3 Å².